The molecule has 0 radical (unpaired) electrons. The van der Waals surface area contributed by atoms with Gasteiger partial charge in [-0.25, -0.2) is 0 Å². The van der Waals surface area contributed by atoms with Gasteiger partial charge in [0.15, 0.2) is 0 Å². The Kier molecular flexibility index (Phi) is 2.89. The fraction of sp³-hybridized carbons (Fsp3) is 0.0909. The van der Waals surface area contributed by atoms with Gasteiger partial charge in [0.25, 0.3) is 0 Å². The third-order valence-electron chi connectivity index (χ3n) is 1.99. The van der Waals surface area contributed by atoms with Crippen molar-refractivity contribution in [3.63, 3.8) is 0 Å². The van der Waals surface area contributed by atoms with Crippen molar-refractivity contribution in [3.8, 4) is 16.9 Å². The molecule has 14 heavy (non-hydrogen) atoms. The largest absolute Gasteiger partial charge is 0.497 e. The molecule has 0 spiro atoms. The van der Waals surface area contributed by atoms with Gasteiger partial charge in [0, 0.05) is 0 Å². The molecule has 0 atom stereocenters. The van der Waals surface area contributed by atoms with Gasteiger partial charge >= 0.3 is 0 Å². The molecule has 1 nitrogen and oxygen atoms in total. The van der Waals surface area contributed by atoms with Gasteiger partial charge in [-0.3, -0.25) is 0 Å². The zero-order chi connectivity index (χ0) is 9.97. The number of rotatable bonds is 2. The summed E-state index contributed by atoms with van der Waals surface area (Å²) >= 11 is 5.15. The van der Waals surface area contributed by atoms with Gasteiger partial charge in [-0.15, -0.1) is 11.3 Å². The van der Waals surface area contributed by atoms with E-state index in [2.05, 4.69) is 39.5 Å². The van der Waals surface area contributed by atoms with Gasteiger partial charge in [-0.05, 0) is 50.6 Å². The highest BCUT2D eigenvalue weighted by atomic mass is 79.9. The van der Waals surface area contributed by atoms with Crippen molar-refractivity contribution in [2.75, 3.05) is 7.11 Å². The van der Waals surface area contributed by atoms with Crippen LogP contribution in [0, 0.1) is 0 Å². The highest BCUT2D eigenvalue weighted by Crippen LogP contribution is 2.29. The maximum absolute atomic E-state index is 5.10. The molecular weight excluding hydrogens is 260 g/mol. The Balaban J connectivity index is 2.33. The van der Waals surface area contributed by atoms with Gasteiger partial charge in [-0.2, -0.15) is 0 Å². The van der Waals surface area contributed by atoms with E-state index in [0.717, 1.165) is 9.54 Å². The van der Waals surface area contributed by atoms with Crippen LogP contribution in [0.25, 0.3) is 11.1 Å². The van der Waals surface area contributed by atoms with Crippen molar-refractivity contribution in [2.45, 2.75) is 0 Å². The van der Waals surface area contributed by atoms with E-state index in [4.69, 9.17) is 4.74 Å². The zero-order valence-electron chi connectivity index (χ0n) is 7.66. The van der Waals surface area contributed by atoms with E-state index in [9.17, 15) is 0 Å². The molecule has 2 rings (SSSR count). The van der Waals surface area contributed by atoms with Crippen LogP contribution in [0.3, 0.4) is 0 Å². The Morgan fingerprint density at radius 3 is 2.36 bits per heavy atom. The van der Waals surface area contributed by atoms with Gasteiger partial charge in [0.2, 0.25) is 0 Å². The lowest BCUT2D eigenvalue weighted by molar-refractivity contribution is 0.415. The number of thiophene rings is 1. The molecule has 0 bridgehead atoms. The topological polar surface area (TPSA) is 9.23 Å². The van der Waals surface area contributed by atoms with E-state index in [0.29, 0.717) is 0 Å². The summed E-state index contributed by atoms with van der Waals surface area (Å²) in [6.07, 6.45) is 0. The molecule has 0 N–H and O–H groups in total. The maximum Gasteiger partial charge on any atom is 0.118 e. The predicted molar refractivity (Wildman–Crippen MR) is 64.0 cm³/mol. The SMILES string of the molecule is COc1ccc(-c2csc(Br)c2)cc1. The van der Waals surface area contributed by atoms with E-state index in [1.807, 2.05) is 12.1 Å². The van der Waals surface area contributed by atoms with Crippen LogP contribution in [0.1, 0.15) is 0 Å². The van der Waals surface area contributed by atoms with Crippen molar-refractivity contribution < 1.29 is 4.74 Å². The number of halogens is 1. The van der Waals surface area contributed by atoms with Gasteiger partial charge in [0.1, 0.15) is 5.75 Å². The fourth-order valence-corrected chi connectivity index (χ4v) is 2.41. The molecular formula is C11H9BrOS. The van der Waals surface area contributed by atoms with Crippen LogP contribution in [0.5, 0.6) is 5.75 Å². The first-order valence-corrected chi connectivity index (χ1v) is 5.85. The van der Waals surface area contributed by atoms with E-state index in [-0.39, 0.29) is 0 Å². The van der Waals surface area contributed by atoms with Gasteiger partial charge in [0.05, 0.1) is 10.9 Å². The second-order valence-electron chi connectivity index (χ2n) is 2.87. The predicted octanol–water partition coefficient (Wildman–Crippen LogP) is 4.19. The number of hydrogen-bond donors (Lipinski definition) is 0. The van der Waals surface area contributed by atoms with Crippen molar-refractivity contribution in [1.82, 2.24) is 0 Å². The number of hydrogen-bond acceptors (Lipinski definition) is 2. The Morgan fingerprint density at radius 2 is 1.86 bits per heavy atom. The molecule has 0 fully saturated rings. The first kappa shape index (κ1) is 9.74. The van der Waals surface area contributed by atoms with Crippen molar-refractivity contribution in [2.24, 2.45) is 0 Å². The number of benzene rings is 1. The summed E-state index contributed by atoms with van der Waals surface area (Å²) < 4.78 is 6.26. The van der Waals surface area contributed by atoms with Crippen LogP contribution >= 0.6 is 27.3 Å². The van der Waals surface area contributed by atoms with E-state index in [1.54, 1.807) is 18.4 Å². The van der Waals surface area contributed by atoms with E-state index in [1.165, 1.54) is 11.1 Å². The summed E-state index contributed by atoms with van der Waals surface area (Å²) in [4.78, 5) is 0. The zero-order valence-corrected chi connectivity index (χ0v) is 10.1. The molecule has 0 aliphatic carbocycles. The lowest BCUT2D eigenvalue weighted by Crippen LogP contribution is -1.81. The normalized spacial score (nSPS) is 10.1. The number of ether oxygens (including phenoxy) is 1. The molecule has 0 amide bonds. The minimum Gasteiger partial charge on any atom is -0.497 e. The second kappa shape index (κ2) is 4.15. The molecule has 0 aliphatic heterocycles. The van der Waals surface area contributed by atoms with E-state index >= 15 is 0 Å². The van der Waals surface area contributed by atoms with Crippen molar-refractivity contribution in [1.29, 1.82) is 0 Å². The average Bonchev–Trinajstić information content (AvgIpc) is 2.65. The fourth-order valence-electron chi connectivity index (χ4n) is 1.24. The molecule has 3 heteroatoms. The highest BCUT2D eigenvalue weighted by Gasteiger charge is 2.00. The third kappa shape index (κ3) is 1.99. The van der Waals surface area contributed by atoms with Crippen LogP contribution in [0.15, 0.2) is 39.5 Å². The maximum atomic E-state index is 5.10. The lowest BCUT2D eigenvalue weighted by Gasteiger charge is -2.00. The summed E-state index contributed by atoms with van der Waals surface area (Å²) in [5.74, 6) is 0.892. The Labute approximate surface area is 95.5 Å². The third-order valence-corrected chi connectivity index (χ3v) is 3.50. The summed E-state index contributed by atoms with van der Waals surface area (Å²) in [5.41, 5.74) is 2.46. The van der Waals surface area contributed by atoms with Crippen molar-refractivity contribution >= 4 is 27.3 Å². The monoisotopic (exact) mass is 268 g/mol. The molecule has 1 aromatic heterocycles. The molecule has 2 aromatic rings. The summed E-state index contributed by atoms with van der Waals surface area (Å²) in [7, 11) is 1.68. The first-order valence-electron chi connectivity index (χ1n) is 4.18. The average molecular weight is 269 g/mol. The van der Waals surface area contributed by atoms with Gasteiger partial charge in [-0.1, -0.05) is 12.1 Å². The smallest absolute Gasteiger partial charge is 0.118 e. The molecule has 1 aromatic carbocycles. The second-order valence-corrected chi connectivity index (χ2v) is 5.16. The number of methoxy groups -OCH3 is 1. The summed E-state index contributed by atoms with van der Waals surface area (Å²) in [5, 5.41) is 2.13. The Morgan fingerprint density at radius 1 is 1.14 bits per heavy atom. The van der Waals surface area contributed by atoms with E-state index < -0.39 is 0 Å². The minimum atomic E-state index is 0.892. The van der Waals surface area contributed by atoms with Crippen molar-refractivity contribution in [3.05, 3.63) is 39.5 Å². The quantitative estimate of drug-likeness (QED) is 0.794. The van der Waals surface area contributed by atoms with Gasteiger partial charge < -0.3 is 4.74 Å². The molecule has 0 saturated carbocycles. The molecule has 0 unspecified atom stereocenters. The van der Waals surface area contributed by atoms with Crippen LogP contribution in [0.2, 0.25) is 0 Å². The molecule has 0 aliphatic rings. The molecule has 72 valence electrons. The minimum absolute atomic E-state index is 0.892. The Bertz CT molecular complexity index is 419. The molecule has 0 saturated heterocycles. The molecule has 1 heterocycles. The summed E-state index contributed by atoms with van der Waals surface area (Å²) in [6, 6.07) is 10.2. The van der Waals surface area contributed by atoms with Crippen LogP contribution in [0.4, 0.5) is 0 Å². The van der Waals surface area contributed by atoms with Crippen LogP contribution in [-0.2, 0) is 0 Å². The Hall–Kier alpha value is -0.800. The standard InChI is InChI=1S/C11H9BrOS/c1-13-10-4-2-8(3-5-10)9-6-11(12)14-7-9/h2-7H,1H3. The van der Waals surface area contributed by atoms with Crippen LogP contribution < -0.4 is 4.74 Å². The van der Waals surface area contributed by atoms with Crippen LogP contribution in [-0.4, -0.2) is 7.11 Å². The summed E-state index contributed by atoms with van der Waals surface area (Å²) in [6.45, 7) is 0. The first-order chi connectivity index (χ1) is 6.79. The lowest BCUT2D eigenvalue weighted by atomic mass is 10.1. The highest BCUT2D eigenvalue weighted by molar-refractivity contribution is 9.11.